The quantitative estimate of drug-likeness (QED) is 0.378. The summed E-state index contributed by atoms with van der Waals surface area (Å²) >= 11 is 9.39. The van der Waals surface area contributed by atoms with Gasteiger partial charge in [0.05, 0.1) is 10.7 Å². The molecule has 0 saturated carbocycles. The number of benzene rings is 3. The molecule has 0 aromatic heterocycles. The topological polar surface area (TPSA) is 50.7 Å². The van der Waals surface area contributed by atoms with Crippen molar-refractivity contribution < 1.29 is 9.53 Å². The van der Waals surface area contributed by atoms with Gasteiger partial charge < -0.3 is 4.74 Å². The fourth-order valence-electron chi connectivity index (χ4n) is 2.39. The van der Waals surface area contributed by atoms with Crippen LogP contribution in [0.5, 0.6) is 5.75 Å². The van der Waals surface area contributed by atoms with Crippen LogP contribution in [-0.4, -0.2) is 12.1 Å². The maximum Gasteiger partial charge on any atom is 0.271 e. The van der Waals surface area contributed by atoms with Gasteiger partial charge in [0.1, 0.15) is 12.4 Å². The number of amides is 1. The van der Waals surface area contributed by atoms with Gasteiger partial charge in [-0.05, 0) is 76.4 Å². The summed E-state index contributed by atoms with van der Waals surface area (Å²) in [7, 11) is 0. The monoisotopic (exact) mass is 456 g/mol. The number of hydrazone groups is 1. The average molecular weight is 458 g/mol. The van der Waals surface area contributed by atoms with Crippen LogP contribution in [0.15, 0.2) is 76.3 Å². The molecule has 6 heteroatoms. The number of aryl methyl sites for hydroxylation is 1. The molecule has 1 amide bonds. The number of rotatable bonds is 6. The lowest BCUT2D eigenvalue weighted by Crippen LogP contribution is -2.17. The molecule has 0 aliphatic heterocycles. The molecular weight excluding hydrogens is 440 g/mol. The van der Waals surface area contributed by atoms with E-state index in [4.69, 9.17) is 16.3 Å². The number of carbonyl (C=O) groups excluding carboxylic acids is 1. The Labute approximate surface area is 177 Å². The predicted octanol–water partition coefficient (Wildman–Crippen LogP) is 5.75. The van der Waals surface area contributed by atoms with Gasteiger partial charge in [0, 0.05) is 10.6 Å². The molecule has 0 fully saturated rings. The normalized spacial score (nSPS) is 10.8. The van der Waals surface area contributed by atoms with Crippen molar-refractivity contribution in [2.75, 3.05) is 0 Å². The lowest BCUT2D eigenvalue weighted by molar-refractivity contribution is 0.0955. The summed E-state index contributed by atoms with van der Waals surface area (Å²) in [5, 5.41) is 4.71. The van der Waals surface area contributed by atoms with Crippen molar-refractivity contribution in [1.82, 2.24) is 5.43 Å². The summed E-state index contributed by atoms with van der Waals surface area (Å²) in [6.45, 7) is 2.41. The van der Waals surface area contributed by atoms with Crippen LogP contribution in [0.1, 0.15) is 27.0 Å². The SMILES string of the molecule is Cc1ccc(C(=O)N/N=C\c2ccc(OCc3ccc(Cl)cc3)c(Br)c2)cc1. The Bertz CT molecular complexity index is 986. The third kappa shape index (κ3) is 5.68. The predicted molar refractivity (Wildman–Crippen MR) is 116 cm³/mol. The first-order chi connectivity index (χ1) is 13.5. The van der Waals surface area contributed by atoms with Crippen molar-refractivity contribution in [3.05, 3.63) is 98.5 Å². The Morgan fingerprint density at radius 1 is 1.11 bits per heavy atom. The third-order valence-electron chi connectivity index (χ3n) is 3.96. The van der Waals surface area contributed by atoms with Crippen LogP contribution in [0.25, 0.3) is 0 Å². The number of ether oxygens (including phenoxy) is 1. The van der Waals surface area contributed by atoms with Crippen molar-refractivity contribution in [2.45, 2.75) is 13.5 Å². The lowest BCUT2D eigenvalue weighted by atomic mass is 10.1. The molecule has 28 heavy (non-hydrogen) atoms. The second-order valence-corrected chi connectivity index (χ2v) is 7.46. The van der Waals surface area contributed by atoms with Crippen LogP contribution in [0.3, 0.4) is 0 Å². The molecule has 4 nitrogen and oxygen atoms in total. The highest BCUT2D eigenvalue weighted by Gasteiger charge is 2.05. The number of halogens is 2. The van der Waals surface area contributed by atoms with Crippen molar-refractivity contribution in [1.29, 1.82) is 0 Å². The van der Waals surface area contributed by atoms with Gasteiger partial charge in [-0.1, -0.05) is 41.4 Å². The van der Waals surface area contributed by atoms with E-state index in [0.29, 0.717) is 17.2 Å². The largest absolute Gasteiger partial charge is 0.488 e. The minimum Gasteiger partial charge on any atom is -0.488 e. The van der Waals surface area contributed by atoms with Crippen LogP contribution < -0.4 is 10.2 Å². The lowest BCUT2D eigenvalue weighted by Gasteiger charge is -2.09. The maximum atomic E-state index is 12.0. The van der Waals surface area contributed by atoms with Crippen molar-refractivity contribution in [3.8, 4) is 5.75 Å². The van der Waals surface area contributed by atoms with Gasteiger partial charge in [-0.3, -0.25) is 4.79 Å². The smallest absolute Gasteiger partial charge is 0.271 e. The molecule has 0 aliphatic carbocycles. The van der Waals surface area contributed by atoms with Crippen LogP contribution >= 0.6 is 27.5 Å². The number of nitrogens with one attached hydrogen (secondary N) is 1. The Morgan fingerprint density at radius 3 is 2.50 bits per heavy atom. The van der Waals surface area contributed by atoms with E-state index in [1.54, 1.807) is 18.3 Å². The minimum absolute atomic E-state index is 0.252. The van der Waals surface area contributed by atoms with Gasteiger partial charge in [-0.2, -0.15) is 5.10 Å². The summed E-state index contributed by atoms with van der Waals surface area (Å²) in [5.41, 5.74) is 6.05. The van der Waals surface area contributed by atoms with E-state index in [1.807, 2.05) is 61.5 Å². The molecule has 0 unspecified atom stereocenters. The molecule has 0 bridgehead atoms. The summed E-state index contributed by atoms with van der Waals surface area (Å²) in [6.07, 6.45) is 1.58. The Kier molecular flexibility index (Phi) is 6.85. The van der Waals surface area contributed by atoms with Gasteiger partial charge in [0.2, 0.25) is 0 Å². The number of carbonyl (C=O) groups is 1. The fourth-order valence-corrected chi connectivity index (χ4v) is 3.03. The minimum atomic E-state index is -0.252. The number of hydrogen-bond acceptors (Lipinski definition) is 3. The number of nitrogens with zero attached hydrogens (tertiary/aromatic N) is 1. The van der Waals surface area contributed by atoms with E-state index < -0.39 is 0 Å². The van der Waals surface area contributed by atoms with Crippen LogP contribution in [-0.2, 0) is 6.61 Å². The first kappa shape index (κ1) is 20.1. The average Bonchev–Trinajstić information content (AvgIpc) is 2.69. The molecule has 0 radical (unpaired) electrons. The van der Waals surface area contributed by atoms with Gasteiger partial charge in [-0.25, -0.2) is 5.43 Å². The molecule has 0 atom stereocenters. The first-order valence-corrected chi connectivity index (χ1v) is 9.75. The Morgan fingerprint density at radius 2 is 1.82 bits per heavy atom. The maximum absolute atomic E-state index is 12.0. The second kappa shape index (κ2) is 9.53. The van der Waals surface area contributed by atoms with Crippen LogP contribution in [0.4, 0.5) is 0 Å². The summed E-state index contributed by atoms with van der Waals surface area (Å²) in [4.78, 5) is 12.0. The van der Waals surface area contributed by atoms with E-state index in [1.165, 1.54) is 0 Å². The van der Waals surface area contributed by atoms with Crippen molar-refractivity contribution in [2.24, 2.45) is 5.10 Å². The molecule has 0 heterocycles. The molecular formula is C22H18BrClN2O2. The second-order valence-electron chi connectivity index (χ2n) is 6.17. The highest BCUT2D eigenvalue weighted by molar-refractivity contribution is 9.10. The zero-order valence-electron chi connectivity index (χ0n) is 15.2. The van der Waals surface area contributed by atoms with E-state index in [2.05, 4.69) is 26.5 Å². The van der Waals surface area contributed by atoms with Gasteiger partial charge in [-0.15, -0.1) is 0 Å². The molecule has 3 rings (SSSR count). The highest BCUT2D eigenvalue weighted by atomic mass is 79.9. The van der Waals surface area contributed by atoms with Gasteiger partial charge in [0.15, 0.2) is 0 Å². The molecule has 0 saturated heterocycles. The molecule has 3 aromatic rings. The molecule has 1 N–H and O–H groups in total. The van der Waals surface area contributed by atoms with E-state index in [-0.39, 0.29) is 5.91 Å². The van der Waals surface area contributed by atoms with Gasteiger partial charge >= 0.3 is 0 Å². The van der Waals surface area contributed by atoms with Crippen LogP contribution in [0, 0.1) is 6.92 Å². The molecule has 142 valence electrons. The Balaban J connectivity index is 1.57. The highest BCUT2D eigenvalue weighted by Crippen LogP contribution is 2.26. The fraction of sp³-hybridized carbons (Fsp3) is 0.0909. The van der Waals surface area contributed by atoms with Crippen molar-refractivity contribution in [3.63, 3.8) is 0 Å². The van der Waals surface area contributed by atoms with Crippen LogP contribution in [0.2, 0.25) is 5.02 Å². The third-order valence-corrected chi connectivity index (χ3v) is 4.83. The molecule has 0 spiro atoms. The standard InChI is InChI=1S/C22H18BrClN2O2/c1-15-2-7-18(8-3-15)22(27)26-25-13-17-6-11-21(20(23)12-17)28-14-16-4-9-19(24)10-5-16/h2-13H,14H2,1H3,(H,26,27)/b25-13-. The molecule has 3 aromatic carbocycles. The van der Waals surface area contributed by atoms with E-state index in [9.17, 15) is 4.79 Å². The zero-order valence-corrected chi connectivity index (χ0v) is 17.5. The van der Waals surface area contributed by atoms with E-state index >= 15 is 0 Å². The van der Waals surface area contributed by atoms with Crippen molar-refractivity contribution >= 4 is 39.7 Å². The summed E-state index contributed by atoms with van der Waals surface area (Å²) in [5.74, 6) is 0.467. The van der Waals surface area contributed by atoms with E-state index in [0.717, 1.165) is 26.9 Å². The summed E-state index contributed by atoms with van der Waals surface area (Å²) < 4.78 is 6.62. The van der Waals surface area contributed by atoms with Gasteiger partial charge in [0.25, 0.3) is 5.91 Å². The number of hydrogen-bond donors (Lipinski definition) is 1. The zero-order chi connectivity index (χ0) is 19.9. The molecule has 0 aliphatic rings. The Hall–Kier alpha value is -2.63. The summed E-state index contributed by atoms with van der Waals surface area (Å²) in [6, 6.07) is 20.4. The first-order valence-electron chi connectivity index (χ1n) is 8.58.